The van der Waals surface area contributed by atoms with Crippen molar-refractivity contribution >= 4 is 11.6 Å². The predicted molar refractivity (Wildman–Crippen MR) is 78.9 cm³/mol. The summed E-state index contributed by atoms with van der Waals surface area (Å²) >= 11 is 0. The molecule has 0 saturated heterocycles. The number of benzene rings is 1. The lowest BCUT2D eigenvalue weighted by Gasteiger charge is -2.14. The van der Waals surface area contributed by atoms with Gasteiger partial charge in [-0.2, -0.15) is 0 Å². The number of anilines is 1. The first-order chi connectivity index (χ1) is 8.93. The molecule has 4 nitrogen and oxygen atoms in total. The van der Waals surface area contributed by atoms with E-state index in [1.807, 2.05) is 32.0 Å². The zero-order valence-electron chi connectivity index (χ0n) is 12.4. The molecule has 0 radical (unpaired) electrons. The first kappa shape index (κ1) is 15.5. The first-order valence-corrected chi connectivity index (χ1v) is 6.65. The summed E-state index contributed by atoms with van der Waals surface area (Å²) in [5.74, 6) is 1.17. The van der Waals surface area contributed by atoms with E-state index in [-0.39, 0.29) is 5.91 Å². The van der Waals surface area contributed by atoms with Crippen molar-refractivity contribution in [1.82, 2.24) is 5.32 Å². The van der Waals surface area contributed by atoms with E-state index in [0.717, 1.165) is 17.0 Å². The van der Waals surface area contributed by atoms with E-state index in [1.54, 1.807) is 7.11 Å². The van der Waals surface area contributed by atoms with Gasteiger partial charge in [-0.3, -0.25) is 4.79 Å². The van der Waals surface area contributed by atoms with Crippen LogP contribution in [0.25, 0.3) is 0 Å². The van der Waals surface area contributed by atoms with Crippen LogP contribution in [-0.4, -0.2) is 25.6 Å². The van der Waals surface area contributed by atoms with Crippen LogP contribution in [0, 0.1) is 0 Å². The van der Waals surface area contributed by atoms with Crippen LogP contribution >= 0.6 is 0 Å². The van der Waals surface area contributed by atoms with E-state index in [2.05, 4.69) is 24.5 Å². The molecule has 0 aliphatic heterocycles. The molecule has 106 valence electrons. The molecule has 0 aromatic heterocycles. The van der Waals surface area contributed by atoms with Crippen molar-refractivity contribution < 1.29 is 9.53 Å². The Bertz CT molecular complexity index is 428. The summed E-state index contributed by atoms with van der Waals surface area (Å²) in [4.78, 5) is 11.7. The summed E-state index contributed by atoms with van der Waals surface area (Å²) in [6.45, 7) is 8.54. The number of hydrogen-bond donors (Lipinski definition) is 2. The maximum atomic E-state index is 11.7. The Labute approximate surface area is 115 Å². The number of methoxy groups -OCH3 is 1. The number of ether oxygens (including phenoxy) is 1. The van der Waals surface area contributed by atoms with Crippen LogP contribution in [0.1, 0.15) is 39.2 Å². The Balaban J connectivity index is 2.74. The fourth-order valence-corrected chi connectivity index (χ4v) is 1.77. The van der Waals surface area contributed by atoms with E-state index >= 15 is 0 Å². The summed E-state index contributed by atoms with van der Waals surface area (Å²) in [5, 5.41) is 5.98. The fourth-order valence-electron chi connectivity index (χ4n) is 1.77. The third kappa shape index (κ3) is 4.91. The molecule has 0 fully saturated rings. The molecule has 4 heteroatoms. The van der Waals surface area contributed by atoms with Gasteiger partial charge in [0.05, 0.1) is 13.7 Å². The SMILES string of the molecule is COc1ccc(NC(=O)CNC(C)C)cc1C(C)C. The van der Waals surface area contributed by atoms with Crippen LogP contribution in [0.3, 0.4) is 0 Å². The molecule has 0 bridgehead atoms. The van der Waals surface area contributed by atoms with E-state index in [0.29, 0.717) is 18.5 Å². The third-order valence-electron chi connectivity index (χ3n) is 2.81. The Morgan fingerprint density at radius 1 is 1.26 bits per heavy atom. The Morgan fingerprint density at radius 2 is 1.95 bits per heavy atom. The van der Waals surface area contributed by atoms with Crippen LogP contribution in [0.4, 0.5) is 5.69 Å². The monoisotopic (exact) mass is 264 g/mol. The highest BCUT2D eigenvalue weighted by molar-refractivity contribution is 5.92. The quantitative estimate of drug-likeness (QED) is 0.830. The van der Waals surface area contributed by atoms with Gasteiger partial charge in [0.15, 0.2) is 0 Å². The van der Waals surface area contributed by atoms with Crippen molar-refractivity contribution in [2.45, 2.75) is 39.7 Å². The lowest BCUT2D eigenvalue weighted by Crippen LogP contribution is -2.32. The van der Waals surface area contributed by atoms with Crippen molar-refractivity contribution in [3.63, 3.8) is 0 Å². The molecule has 19 heavy (non-hydrogen) atoms. The third-order valence-corrected chi connectivity index (χ3v) is 2.81. The molecule has 0 aliphatic carbocycles. The summed E-state index contributed by atoms with van der Waals surface area (Å²) in [6.07, 6.45) is 0. The average molecular weight is 264 g/mol. The maximum absolute atomic E-state index is 11.7. The van der Waals surface area contributed by atoms with Crippen molar-refractivity contribution in [2.75, 3.05) is 19.0 Å². The molecule has 0 spiro atoms. The topological polar surface area (TPSA) is 50.4 Å². The first-order valence-electron chi connectivity index (χ1n) is 6.65. The number of nitrogens with one attached hydrogen (secondary N) is 2. The highest BCUT2D eigenvalue weighted by Crippen LogP contribution is 2.29. The normalized spacial score (nSPS) is 10.9. The molecule has 0 atom stereocenters. The van der Waals surface area contributed by atoms with E-state index in [9.17, 15) is 4.79 Å². The van der Waals surface area contributed by atoms with Crippen molar-refractivity contribution in [3.8, 4) is 5.75 Å². The number of amides is 1. The lowest BCUT2D eigenvalue weighted by molar-refractivity contribution is -0.115. The minimum absolute atomic E-state index is 0.0337. The van der Waals surface area contributed by atoms with Gasteiger partial charge in [0, 0.05) is 11.7 Å². The maximum Gasteiger partial charge on any atom is 0.238 e. The summed E-state index contributed by atoms with van der Waals surface area (Å²) < 4.78 is 5.32. The van der Waals surface area contributed by atoms with Gasteiger partial charge in [0.25, 0.3) is 0 Å². The Morgan fingerprint density at radius 3 is 2.47 bits per heavy atom. The fraction of sp³-hybridized carbons (Fsp3) is 0.533. The van der Waals surface area contributed by atoms with Gasteiger partial charge in [-0.25, -0.2) is 0 Å². The zero-order chi connectivity index (χ0) is 14.4. The smallest absolute Gasteiger partial charge is 0.238 e. The van der Waals surface area contributed by atoms with Crippen LogP contribution in [0.15, 0.2) is 18.2 Å². The number of hydrogen-bond acceptors (Lipinski definition) is 3. The number of carbonyl (C=O) groups excluding carboxylic acids is 1. The summed E-state index contributed by atoms with van der Waals surface area (Å²) in [6, 6.07) is 6.02. The molecule has 1 aromatic rings. The van der Waals surface area contributed by atoms with Gasteiger partial charge < -0.3 is 15.4 Å². The van der Waals surface area contributed by atoms with Crippen molar-refractivity contribution in [3.05, 3.63) is 23.8 Å². The van der Waals surface area contributed by atoms with Crippen LogP contribution in [0.2, 0.25) is 0 Å². The second kappa shape index (κ2) is 7.14. The molecule has 1 amide bonds. The molecular weight excluding hydrogens is 240 g/mol. The van der Waals surface area contributed by atoms with Gasteiger partial charge in [0.2, 0.25) is 5.91 Å². The lowest BCUT2D eigenvalue weighted by atomic mass is 10.0. The Kier molecular flexibility index (Phi) is 5.83. The minimum Gasteiger partial charge on any atom is -0.496 e. The van der Waals surface area contributed by atoms with E-state index in [1.165, 1.54) is 0 Å². The largest absolute Gasteiger partial charge is 0.496 e. The van der Waals surface area contributed by atoms with Crippen LogP contribution < -0.4 is 15.4 Å². The van der Waals surface area contributed by atoms with Gasteiger partial charge in [0.1, 0.15) is 5.75 Å². The number of rotatable bonds is 6. The minimum atomic E-state index is -0.0337. The molecule has 0 heterocycles. The highest BCUT2D eigenvalue weighted by Gasteiger charge is 2.10. The van der Waals surface area contributed by atoms with Crippen molar-refractivity contribution in [1.29, 1.82) is 0 Å². The Hall–Kier alpha value is -1.55. The second-order valence-electron chi connectivity index (χ2n) is 5.20. The molecule has 1 rings (SSSR count). The van der Waals surface area contributed by atoms with E-state index in [4.69, 9.17) is 4.74 Å². The van der Waals surface area contributed by atoms with Crippen LogP contribution in [-0.2, 0) is 4.79 Å². The molecule has 0 unspecified atom stereocenters. The summed E-state index contributed by atoms with van der Waals surface area (Å²) in [5.41, 5.74) is 1.90. The highest BCUT2D eigenvalue weighted by atomic mass is 16.5. The van der Waals surface area contributed by atoms with Gasteiger partial charge >= 0.3 is 0 Å². The van der Waals surface area contributed by atoms with Gasteiger partial charge in [-0.15, -0.1) is 0 Å². The second-order valence-corrected chi connectivity index (χ2v) is 5.20. The predicted octanol–water partition coefficient (Wildman–Crippen LogP) is 2.76. The van der Waals surface area contributed by atoms with Gasteiger partial charge in [-0.05, 0) is 29.7 Å². The molecule has 2 N–H and O–H groups in total. The molecular formula is C15H24N2O2. The van der Waals surface area contributed by atoms with Gasteiger partial charge in [-0.1, -0.05) is 27.7 Å². The van der Waals surface area contributed by atoms with Crippen LogP contribution in [0.5, 0.6) is 5.75 Å². The molecule has 0 aliphatic rings. The molecule has 0 saturated carbocycles. The average Bonchev–Trinajstić information content (AvgIpc) is 2.36. The van der Waals surface area contributed by atoms with Crippen molar-refractivity contribution in [2.24, 2.45) is 0 Å². The zero-order valence-corrected chi connectivity index (χ0v) is 12.4. The number of carbonyl (C=O) groups is 1. The molecule has 1 aromatic carbocycles. The van der Waals surface area contributed by atoms with E-state index < -0.39 is 0 Å². The standard InChI is InChI=1S/C15H24N2O2/c1-10(2)13-8-12(6-7-14(13)19-5)17-15(18)9-16-11(3)4/h6-8,10-11,16H,9H2,1-5H3,(H,17,18). The summed E-state index contributed by atoms with van der Waals surface area (Å²) in [7, 11) is 1.66.